The van der Waals surface area contributed by atoms with Crippen molar-refractivity contribution < 1.29 is 13.2 Å². The highest BCUT2D eigenvalue weighted by Crippen LogP contribution is 2.19. The van der Waals surface area contributed by atoms with Crippen molar-refractivity contribution in [2.24, 2.45) is 0 Å². The molecule has 1 saturated heterocycles. The molecule has 0 saturated carbocycles. The van der Waals surface area contributed by atoms with Gasteiger partial charge in [0.05, 0.1) is 19.0 Å². The van der Waals surface area contributed by atoms with E-state index in [0.717, 1.165) is 5.56 Å². The van der Waals surface area contributed by atoms with Crippen LogP contribution in [0.4, 0.5) is 0 Å². The fourth-order valence-corrected chi connectivity index (χ4v) is 3.69. The molecule has 1 atom stereocenters. The van der Waals surface area contributed by atoms with Crippen molar-refractivity contribution >= 4 is 21.6 Å². The van der Waals surface area contributed by atoms with Crippen LogP contribution in [0, 0.1) is 0 Å². The summed E-state index contributed by atoms with van der Waals surface area (Å²) in [5, 5.41) is 0.614. The molecule has 0 N–H and O–H groups in total. The number of ether oxygens (including phenoxy) is 1. The smallest absolute Gasteiger partial charge is 0.217 e. The second-order valence-corrected chi connectivity index (χ2v) is 6.89. The third-order valence-electron chi connectivity index (χ3n) is 2.92. The van der Waals surface area contributed by atoms with Gasteiger partial charge in [0.2, 0.25) is 10.0 Å². The summed E-state index contributed by atoms with van der Waals surface area (Å²) in [6, 6.07) is 7.10. The maximum atomic E-state index is 12.1. The van der Waals surface area contributed by atoms with E-state index >= 15 is 0 Å². The minimum Gasteiger partial charge on any atom is -0.379 e. The zero-order valence-corrected chi connectivity index (χ0v) is 11.7. The van der Waals surface area contributed by atoms with Gasteiger partial charge in [-0.15, -0.1) is 0 Å². The molecule has 0 aromatic heterocycles. The van der Waals surface area contributed by atoms with Gasteiger partial charge in [-0.05, 0) is 24.6 Å². The molecule has 18 heavy (non-hydrogen) atoms. The van der Waals surface area contributed by atoms with Crippen molar-refractivity contribution in [2.75, 3.05) is 19.0 Å². The van der Waals surface area contributed by atoms with Crippen molar-refractivity contribution in [3.63, 3.8) is 0 Å². The van der Waals surface area contributed by atoms with Crippen LogP contribution in [-0.4, -0.2) is 37.7 Å². The Morgan fingerprint density at radius 2 is 2.28 bits per heavy atom. The highest BCUT2D eigenvalue weighted by Gasteiger charge is 2.30. The maximum absolute atomic E-state index is 12.1. The lowest BCUT2D eigenvalue weighted by molar-refractivity contribution is 0.116. The average Bonchev–Trinajstić information content (AvgIpc) is 2.42. The normalized spacial score (nSPS) is 24.7. The number of nitrogens with zero attached hydrogens (tertiary/aromatic N) is 1. The van der Waals surface area contributed by atoms with Gasteiger partial charge < -0.3 is 4.74 Å². The zero-order valence-electron chi connectivity index (χ0n) is 10.2. The Labute approximate surface area is 113 Å². The van der Waals surface area contributed by atoms with Crippen molar-refractivity contribution in [3.8, 4) is 0 Å². The summed E-state index contributed by atoms with van der Waals surface area (Å²) in [5.74, 6) is 0.0396. The molecule has 1 aliphatic heterocycles. The first kappa shape index (κ1) is 13.8. The van der Waals surface area contributed by atoms with Crippen LogP contribution in [0.25, 0.3) is 0 Å². The van der Waals surface area contributed by atoms with Gasteiger partial charge in [0.25, 0.3) is 0 Å². The molecule has 1 aromatic carbocycles. The first-order valence-corrected chi connectivity index (χ1v) is 7.79. The Balaban J connectivity index is 2.24. The summed E-state index contributed by atoms with van der Waals surface area (Å²) in [4.78, 5) is 0. The van der Waals surface area contributed by atoms with Crippen molar-refractivity contribution in [1.29, 1.82) is 0 Å². The molecule has 4 nitrogen and oxygen atoms in total. The van der Waals surface area contributed by atoms with Crippen LogP contribution in [0.5, 0.6) is 0 Å². The summed E-state index contributed by atoms with van der Waals surface area (Å²) >= 11 is 5.91. The van der Waals surface area contributed by atoms with Crippen LogP contribution < -0.4 is 0 Å². The second kappa shape index (κ2) is 5.57. The fraction of sp³-hybridized carbons (Fsp3) is 0.500. The molecule has 0 bridgehead atoms. The monoisotopic (exact) mass is 289 g/mol. The molecular weight excluding hydrogens is 274 g/mol. The predicted molar refractivity (Wildman–Crippen MR) is 71.1 cm³/mol. The Morgan fingerprint density at radius 1 is 1.50 bits per heavy atom. The third-order valence-corrected chi connectivity index (χ3v) is 5.04. The standard InChI is InChI=1S/C12H16ClNO3S/c1-10-9-17-5-6-18(15,16)14(10)8-11-3-2-4-12(13)7-11/h2-4,7,10H,5-6,8-9H2,1H3/t10-/m0/s1. The second-order valence-electron chi connectivity index (χ2n) is 4.42. The summed E-state index contributed by atoms with van der Waals surface area (Å²) in [6.07, 6.45) is 0. The van der Waals surface area contributed by atoms with Crippen LogP contribution in [0.2, 0.25) is 5.02 Å². The van der Waals surface area contributed by atoms with Gasteiger partial charge in [-0.1, -0.05) is 23.7 Å². The number of hydrogen-bond donors (Lipinski definition) is 0. The quantitative estimate of drug-likeness (QED) is 0.835. The van der Waals surface area contributed by atoms with Crippen LogP contribution in [0.15, 0.2) is 24.3 Å². The highest BCUT2D eigenvalue weighted by atomic mass is 35.5. The maximum Gasteiger partial charge on any atom is 0.217 e. The molecule has 0 amide bonds. The average molecular weight is 290 g/mol. The molecule has 1 aliphatic rings. The number of halogens is 1. The van der Waals surface area contributed by atoms with E-state index in [2.05, 4.69) is 0 Å². The molecular formula is C12H16ClNO3S. The molecule has 1 aromatic rings. The first-order chi connectivity index (χ1) is 8.49. The largest absolute Gasteiger partial charge is 0.379 e. The van der Waals surface area contributed by atoms with Gasteiger partial charge in [-0.3, -0.25) is 0 Å². The zero-order chi connectivity index (χ0) is 13.2. The van der Waals surface area contributed by atoms with Crippen molar-refractivity contribution in [1.82, 2.24) is 4.31 Å². The third kappa shape index (κ3) is 3.23. The number of benzene rings is 1. The fourth-order valence-electron chi connectivity index (χ4n) is 1.96. The van der Waals surface area contributed by atoms with Crippen LogP contribution in [0.1, 0.15) is 12.5 Å². The number of hydrogen-bond acceptors (Lipinski definition) is 3. The van der Waals surface area contributed by atoms with Gasteiger partial charge in [-0.2, -0.15) is 4.31 Å². The SMILES string of the molecule is C[C@H]1COCCS(=O)(=O)N1Cc1cccc(Cl)c1. The molecule has 2 rings (SSSR count). The first-order valence-electron chi connectivity index (χ1n) is 5.81. The molecule has 0 aliphatic carbocycles. The molecule has 100 valence electrons. The van der Waals surface area contributed by atoms with E-state index < -0.39 is 10.0 Å². The van der Waals surface area contributed by atoms with Crippen LogP contribution >= 0.6 is 11.6 Å². The molecule has 0 spiro atoms. The van der Waals surface area contributed by atoms with Gasteiger partial charge in [0.1, 0.15) is 0 Å². The Kier molecular flexibility index (Phi) is 4.27. The van der Waals surface area contributed by atoms with Crippen LogP contribution in [-0.2, 0) is 21.3 Å². The molecule has 1 heterocycles. The Morgan fingerprint density at radius 3 is 3.00 bits per heavy atom. The number of sulfonamides is 1. The molecule has 0 radical (unpaired) electrons. The van der Waals surface area contributed by atoms with E-state index in [0.29, 0.717) is 18.2 Å². The highest BCUT2D eigenvalue weighted by molar-refractivity contribution is 7.89. The molecule has 0 unspecified atom stereocenters. The minimum absolute atomic E-state index is 0.0396. The minimum atomic E-state index is -3.25. The summed E-state index contributed by atoms with van der Waals surface area (Å²) in [7, 11) is -3.25. The van der Waals surface area contributed by atoms with Gasteiger partial charge in [-0.25, -0.2) is 8.42 Å². The lowest BCUT2D eigenvalue weighted by atomic mass is 10.2. The summed E-state index contributed by atoms with van der Waals surface area (Å²) in [5.41, 5.74) is 0.889. The Bertz CT molecular complexity index is 518. The van der Waals surface area contributed by atoms with Gasteiger partial charge in [0.15, 0.2) is 0 Å². The molecule has 1 fully saturated rings. The van der Waals surface area contributed by atoms with E-state index in [9.17, 15) is 8.42 Å². The molecule has 6 heteroatoms. The van der Waals surface area contributed by atoms with E-state index in [4.69, 9.17) is 16.3 Å². The van der Waals surface area contributed by atoms with E-state index in [1.165, 1.54) is 4.31 Å². The van der Waals surface area contributed by atoms with E-state index in [-0.39, 0.29) is 18.4 Å². The lowest BCUT2D eigenvalue weighted by Crippen LogP contribution is -2.39. The van der Waals surface area contributed by atoms with Crippen molar-refractivity contribution in [2.45, 2.75) is 19.5 Å². The van der Waals surface area contributed by atoms with Crippen molar-refractivity contribution in [3.05, 3.63) is 34.9 Å². The predicted octanol–water partition coefficient (Wildman–Crippen LogP) is 1.89. The van der Waals surface area contributed by atoms with E-state index in [1.54, 1.807) is 12.1 Å². The topological polar surface area (TPSA) is 46.6 Å². The Hall–Kier alpha value is -0.620. The van der Waals surface area contributed by atoms with E-state index in [1.807, 2.05) is 19.1 Å². The van der Waals surface area contributed by atoms with Crippen LogP contribution in [0.3, 0.4) is 0 Å². The number of rotatable bonds is 2. The summed E-state index contributed by atoms with van der Waals surface area (Å²) in [6.45, 7) is 2.89. The lowest BCUT2D eigenvalue weighted by Gasteiger charge is -2.25. The van der Waals surface area contributed by atoms with Gasteiger partial charge >= 0.3 is 0 Å². The summed E-state index contributed by atoms with van der Waals surface area (Å²) < 4.78 is 31.0. The van der Waals surface area contributed by atoms with Gasteiger partial charge in [0, 0.05) is 17.6 Å².